The van der Waals surface area contributed by atoms with E-state index in [0.717, 1.165) is 89.9 Å². The summed E-state index contributed by atoms with van der Waals surface area (Å²) in [5.74, 6) is -0.0860. The molecule has 1 amide bonds. The lowest BCUT2D eigenvalue weighted by Gasteiger charge is -2.19. The quantitative estimate of drug-likeness (QED) is 0.0425. The van der Waals surface area contributed by atoms with Crippen LogP contribution in [0.4, 0.5) is 0 Å². The van der Waals surface area contributed by atoms with E-state index in [1.165, 1.54) is 89.9 Å². The van der Waals surface area contributed by atoms with Crippen molar-refractivity contribution in [3.05, 3.63) is 122 Å². The molecule has 0 aromatic carbocycles. The van der Waals surface area contributed by atoms with Gasteiger partial charge in [0.25, 0.3) is 0 Å². The van der Waals surface area contributed by atoms with Crippen LogP contribution in [0.2, 0.25) is 0 Å². The SMILES string of the molecule is CC/C=C\C/C=C\C/C=C\C/C=C\C/C=C\C/C=C\C/C=C\CCCCCCCCCCCCCCCCCC(=O)NC(CO)C(O)/C=C/CC/C=C/CC/C=C/CC. The van der Waals surface area contributed by atoms with Gasteiger partial charge in [0.05, 0.1) is 18.8 Å². The van der Waals surface area contributed by atoms with Gasteiger partial charge in [-0.3, -0.25) is 4.79 Å². The molecule has 2 unspecified atom stereocenters. The van der Waals surface area contributed by atoms with Gasteiger partial charge < -0.3 is 15.5 Å². The number of carbonyl (C=O) groups excluding carboxylic acids is 1. The predicted molar refractivity (Wildman–Crippen MR) is 262 cm³/mol. The van der Waals surface area contributed by atoms with Crippen LogP contribution in [0.5, 0.6) is 0 Å². The third-order valence-corrected chi connectivity index (χ3v) is 10.2. The normalized spacial score (nSPS) is 14.0. The zero-order valence-electron chi connectivity index (χ0n) is 38.2. The maximum Gasteiger partial charge on any atom is 0.220 e. The molecule has 334 valence electrons. The first kappa shape index (κ1) is 55.8. The second-order valence-corrected chi connectivity index (χ2v) is 15.7. The van der Waals surface area contributed by atoms with Crippen molar-refractivity contribution in [3.8, 4) is 0 Å². The van der Waals surface area contributed by atoms with E-state index in [2.05, 4.69) is 129 Å². The van der Waals surface area contributed by atoms with Gasteiger partial charge in [0.2, 0.25) is 5.91 Å². The molecule has 0 aromatic rings. The zero-order valence-corrected chi connectivity index (χ0v) is 38.2. The third-order valence-electron chi connectivity index (χ3n) is 10.2. The van der Waals surface area contributed by atoms with Crippen LogP contribution in [-0.4, -0.2) is 34.9 Å². The lowest BCUT2D eigenvalue weighted by Crippen LogP contribution is -2.45. The molecular formula is C55H91NO3. The summed E-state index contributed by atoms with van der Waals surface area (Å²) < 4.78 is 0. The Morgan fingerprint density at radius 3 is 1.12 bits per heavy atom. The summed E-state index contributed by atoms with van der Waals surface area (Å²) in [4.78, 5) is 12.4. The highest BCUT2D eigenvalue weighted by molar-refractivity contribution is 5.76. The number of nitrogens with one attached hydrogen (secondary N) is 1. The largest absolute Gasteiger partial charge is 0.394 e. The maximum atomic E-state index is 12.4. The minimum absolute atomic E-state index is 0.0860. The van der Waals surface area contributed by atoms with Crippen LogP contribution >= 0.6 is 0 Å². The van der Waals surface area contributed by atoms with Crippen molar-refractivity contribution in [2.24, 2.45) is 0 Å². The molecule has 0 aliphatic heterocycles. The molecule has 59 heavy (non-hydrogen) atoms. The molecule has 2 atom stereocenters. The van der Waals surface area contributed by atoms with E-state index >= 15 is 0 Å². The molecule has 0 heterocycles. The molecule has 3 N–H and O–H groups in total. The molecule has 0 bridgehead atoms. The van der Waals surface area contributed by atoms with Gasteiger partial charge in [0, 0.05) is 6.42 Å². The predicted octanol–water partition coefficient (Wildman–Crippen LogP) is 15.7. The lowest BCUT2D eigenvalue weighted by molar-refractivity contribution is -0.123. The van der Waals surface area contributed by atoms with E-state index < -0.39 is 12.1 Å². The molecule has 0 spiro atoms. The van der Waals surface area contributed by atoms with Gasteiger partial charge in [0.15, 0.2) is 0 Å². The molecule has 0 aliphatic rings. The number of hydrogen-bond acceptors (Lipinski definition) is 3. The van der Waals surface area contributed by atoms with Crippen LogP contribution in [0.15, 0.2) is 122 Å². The molecule has 0 radical (unpaired) electrons. The standard InChI is InChI=1S/C55H91NO3/c1-3-5-7-9-11-13-15-16-17-18-19-20-21-22-23-24-25-26-27-28-29-30-31-32-33-34-35-36-37-38-39-40-41-43-45-47-49-51-55(59)56-53(52-57)54(58)50-48-46-44-42-14-12-10-8-6-4-2/h5-8,11,13-14,16-17,19-20,22-23,25-26,28-29,42,48,50,53-54,57-58H,3-4,9-10,12,15,18,21,24,27,30-41,43-47,49,51-52H2,1-2H3,(H,56,59)/b7-5-,8-6+,13-11-,17-16-,20-19-,23-22-,26-25-,29-28-,42-14+,50-48+. The number of allylic oxidation sites excluding steroid dienone is 19. The lowest BCUT2D eigenvalue weighted by atomic mass is 10.0. The number of unbranched alkanes of at least 4 members (excludes halogenated alkanes) is 17. The first-order valence-electron chi connectivity index (χ1n) is 24.2. The Bertz CT molecular complexity index is 1200. The average Bonchev–Trinajstić information content (AvgIpc) is 3.24. The minimum Gasteiger partial charge on any atom is -0.394 e. The number of rotatable bonds is 42. The summed E-state index contributed by atoms with van der Waals surface area (Å²) >= 11 is 0. The molecule has 0 saturated heterocycles. The second kappa shape index (κ2) is 49.2. The second-order valence-electron chi connectivity index (χ2n) is 15.7. The fourth-order valence-electron chi connectivity index (χ4n) is 6.55. The van der Waals surface area contributed by atoms with E-state index in [9.17, 15) is 15.0 Å². The van der Waals surface area contributed by atoms with E-state index in [-0.39, 0.29) is 12.5 Å². The van der Waals surface area contributed by atoms with Crippen LogP contribution in [0.1, 0.15) is 200 Å². The van der Waals surface area contributed by atoms with Gasteiger partial charge >= 0.3 is 0 Å². The highest BCUT2D eigenvalue weighted by atomic mass is 16.3. The summed E-state index contributed by atoms with van der Waals surface area (Å²) in [5, 5.41) is 22.9. The topological polar surface area (TPSA) is 69.6 Å². The first-order valence-corrected chi connectivity index (χ1v) is 24.2. The summed E-state index contributed by atoms with van der Waals surface area (Å²) in [5.41, 5.74) is 0. The number of aliphatic hydroxyl groups is 2. The van der Waals surface area contributed by atoms with Crippen molar-refractivity contribution in [1.82, 2.24) is 5.32 Å². The van der Waals surface area contributed by atoms with Gasteiger partial charge in [-0.1, -0.05) is 219 Å². The van der Waals surface area contributed by atoms with Crippen LogP contribution in [0, 0.1) is 0 Å². The maximum absolute atomic E-state index is 12.4. The number of hydrogen-bond donors (Lipinski definition) is 3. The zero-order chi connectivity index (χ0) is 42.8. The molecule has 0 rings (SSSR count). The van der Waals surface area contributed by atoms with Gasteiger partial charge in [-0.2, -0.15) is 0 Å². The van der Waals surface area contributed by atoms with Gasteiger partial charge in [-0.15, -0.1) is 0 Å². The summed E-state index contributed by atoms with van der Waals surface area (Å²) in [6.07, 6.45) is 76.3. The molecule has 0 aliphatic carbocycles. The monoisotopic (exact) mass is 814 g/mol. The van der Waals surface area contributed by atoms with E-state index in [1.807, 2.05) is 6.08 Å². The smallest absolute Gasteiger partial charge is 0.220 e. The van der Waals surface area contributed by atoms with Gasteiger partial charge in [-0.05, 0) is 96.3 Å². The van der Waals surface area contributed by atoms with Crippen molar-refractivity contribution >= 4 is 5.91 Å². The Morgan fingerprint density at radius 1 is 0.407 bits per heavy atom. The summed E-state index contributed by atoms with van der Waals surface area (Å²) in [6.45, 7) is 4.04. The minimum atomic E-state index is -0.874. The molecule has 0 saturated carbocycles. The highest BCUT2D eigenvalue weighted by Crippen LogP contribution is 2.14. The van der Waals surface area contributed by atoms with Crippen LogP contribution in [0.3, 0.4) is 0 Å². The Labute approximate surface area is 365 Å². The Hall–Kier alpha value is -3.21. The van der Waals surface area contributed by atoms with E-state index in [4.69, 9.17) is 0 Å². The molecule has 4 nitrogen and oxygen atoms in total. The Balaban J connectivity index is 3.54. The molecule has 0 fully saturated rings. The van der Waals surface area contributed by atoms with Crippen molar-refractivity contribution in [1.29, 1.82) is 0 Å². The van der Waals surface area contributed by atoms with Crippen molar-refractivity contribution in [2.75, 3.05) is 6.61 Å². The fraction of sp³-hybridized carbons (Fsp3) is 0.618. The van der Waals surface area contributed by atoms with Crippen LogP contribution < -0.4 is 5.32 Å². The van der Waals surface area contributed by atoms with E-state index in [1.54, 1.807) is 6.08 Å². The fourth-order valence-corrected chi connectivity index (χ4v) is 6.55. The summed E-state index contributed by atoms with van der Waals surface area (Å²) in [6, 6.07) is -0.650. The number of amides is 1. The van der Waals surface area contributed by atoms with Crippen molar-refractivity contribution in [3.63, 3.8) is 0 Å². The van der Waals surface area contributed by atoms with Crippen LogP contribution in [-0.2, 0) is 4.79 Å². The summed E-state index contributed by atoms with van der Waals surface area (Å²) in [7, 11) is 0. The van der Waals surface area contributed by atoms with Gasteiger partial charge in [0.1, 0.15) is 0 Å². The van der Waals surface area contributed by atoms with Crippen molar-refractivity contribution < 1.29 is 15.0 Å². The van der Waals surface area contributed by atoms with Gasteiger partial charge in [-0.25, -0.2) is 0 Å². The number of aliphatic hydroxyl groups excluding tert-OH is 2. The molecule has 4 heteroatoms. The van der Waals surface area contributed by atoms with Crippen molar-refractivity contribution in [2.45, 2.75) is 212 Å². The highest BCUT2D eigenvalue weighted by Gasteiger charge is 2.17. The first-order chi connectivity index (χ1) is 29.2. The van der Waals surface area contributed by atoms with Crippen LogP contribution in [0.25, 0.3) is 0 Å². The Kier molecular flexibility index (Phi) is 46.5. The molecular weight excluding hydrogens is 723 g/mol. The van der Waals surface area contributed by atoms with E-state index in [0.29, 0.717) is 6.42 Å². The molecule has 0 aromatic heterocycles. The average molecular weight is 814 g/mol. The third kappa shape index (κ3) is 45.7. The number of carbonyl (C=O) groups is 1. The Morgan fingerprint density at radius 2 is 0.712 bits per heavy atom.